The monoisotopic (exact) mass is 206 g/mol. The van der Waals surface area contributed by atoms with Gasteiger partial charge in [0.05, 0.1) is 0 Å². The molecule has 0 unspecified atom stereocenters. The molecule has 2 nitrogen and oxygen atoms in total. The fourth-order valence-corrected chi connectivity index (χ4v) is 1.81. The van der Waals surface area contributed by atoms with Crippen LogP contribution in [0.15, 0.2) is 36.5 Å². The van der Waals surface area contributed by atoms with Gasteiger partial charge in [0.2, 0.25) is 0 Å². The number of rotatable bonds is 5. The van der Waals surface area contributed by atoms with Crippen LogP contribution in [0.3, 0.4) is 0 Å². The summed E-state index contributed by atoms with van der Waals surface area (Å²) in [5, 5.41) is 3.37. The van der Waals surface area contributed by atoms with Crippen LogP contribution in [0.4, 0.5) is 0 Å². The lowest BCUT2D eigenvalue weighted by atomic mass is 10.1. The summed E-state index contributed by atoms with van der Waals surface area (Å²) in [4.78, 5) is 2.51. The third-order valence-corrected chi connectivity index (χ3v) is 2.64. The summed E-state index contributed by atoms with van der Waals surface area (Å²) >= 11 is 0. The van der Waals surface area contributed by atoms with Crippen LogP contribution in [0.1, 0.15) is 13.3 Å². The molecule has 1 saturated heterocycles. The molecule has 1 N–H and O–H groups in total. The second-order valence-corrected chi connectivity index (χ2v) is 3.82. The van der Waals surface area contributed by atoms with Crippen LogP contribution in [0, 0.1) is 0 Å². The second kappa shape index (κ2) is 7.43. The van der Waals surface area contributed by atoms with Crippen molar-refractivity contribution in [3.63, 3.8) is 0 Å². The lowest BCUT2D eigenvalue weighted by Crippen LogP contribution is -2.43. The van der Waals surface area contributed by atoms with Gasteiger partial charge in [0.15, 0.2) is 0 Å². The van der Waals surface area contributed by atoms with Crippen molar-refractivity contribution in [1.82, 2.24) is 10.2 Å². The Bertz CT molecular complexity index is 235. The summed E-state index contributed by atoms with van der Waals surface area (Å²) in [5.41, 5.74) is 1.37. The highest BCUT2D eigenvalue weighted by atomic mass is 15.2. The minimum Gasteiger partial charge on any atom is -0.314 e. The molecule has 0 aromatic heterocycles. The van der Waals surface area contributed by atoms with Gasteiger partial charge in [-0.25, -0.2) is 0 Å². The Morgan fingerprint density at radius 1 is 1.40 bits per heavy atom. The molecular weight excluding hydrogens is 184 g/mol. The highest BCUT2D eigenvalue weighted by Crippen LogP contribution is 2.06. The zero-order chi connectivity index (χ0) is 10.9. The molecule has 0 spiro atoms. The van der Waals surface area contributed by atoms with Crippen LogP contribution in [-0.4, -0.2) is 37.6 Å². The van der Waals surface area contributed by atoms with Crippen molar-refractivity contribution in [2.24, 2.45) is 0 Å². The van der Waals surface area contributed by atoms with E-state index in [9.17, 15) is 0 Å². The molecule has 1 aliphatic rings. The molecule has 2 heteroatoms. The first kappa shape index (κ1) is 12.2. The molecule has 0 aliphatic carbocycles. The number of nitrogens with zero attached hydrogens (tertiary/aromatic N) is 1. The van der Waals surface area contributed by atoms with E-state index in [0.29, 0.717) is 0 Å². The summed E-state index contributed by atoms with van der Waals surface area (Å²) in [6, 6.07) is 0. The summed E-state index contributed by atoms with van der Waals surface area (Å²) in [6.07, 6.45) is 9.35. The van der Waals surface area contributed by atoms with E-state index in [0.717, 1.165) is 26.1 Å². The Hall–Kier alpha value is -0.860. The highest BCUT2D eigenvalue weighted by molar-refractivity contribution is 5.22. The van der Waals surface area contributed by atoms with Crippen molar-refractivity contribution in [3.8, 4) is 0 Å². The number of nitrogens with one attached hydrogen (secondary N) is 1. The van der Waals surface area contributed by atoms with E-state index in [-0.39, 0.29) is 0 Å². The minimum absolute atomic E-state index is 1.12. The Morgan fingerprint density at radius 3 is 2.73 bits per heavy atom. The second-order valence-electron chi connectivity index (χ2n) is 3.82. The standard InChI is InChI=1S/C13H22N2/c1-3-5-13(6-4-2)7-10-15-11-8-14-9-12-15/h3-6,14H,1,7-12H2,2H3/b6-4-,13-5+. The van der Waals surface area contributed by atoms with Crippen molar-refractivity contribution in [1.29, 1.82) is 0 Å². The number of piperazine rings is 1. The first-order valence-corrected chi connectivity index (χ1v) is 5.74. The van der Waals surface area contributed by atoms with Gasteiger partial charge < -0.3 is 10.2 Å². The number of hydrogen-bond acceptors (Lipinski definition) is 2. The zero-order valence-corrected chi connectivity index (χ0v) is 9.71. The molecule has 0 saturated carbocycles. The van der Waals surface area contributed by atoms with Crippen LogP contribution in [0.5, 0.6) is 0 Å². The van der Waals surface area contributed by atoms with Gasteiger partial charge in [-0.2, -0.15) is 0 Å². The van der Waals surface area contributed by atoms with E-state index in [1.54, 1.807) is 0 Å². The van der Waals surface area contributed by atoms with Gasteiger partial charge >= 0.3 is 0 Å². The average Bonchev–Trinajstić information content (AvgIpc) is 2.28. The fraction of sp³-hybridized carbons (Fsp3) is 0.538. The van der Waals surface area contributed by atoms with Crippen molar-refractivity contribution >= 4 is 0 Å². The van der Waals surface area contributed by atoms with Crippen molar-refractivity contribution < 1.29 is 0 Å². The van der Waals surface area contributed by atoms with Gasteiger partial charge in [-0.1, -0.05) is 30.9 Å². The molecule has 0 aromatic carbocycles. The molecule has 0 amide bonds. The molecule has 0 radical (unpaired) electrons. The van der Waals surface area contributed by atoms with Crippen molar-refractivity contribution in [2.75, 3.05) is 32.7 Å². The fourth-order valence-electron chi connectivity index (χ4n) is 1.81. The van der Waals surface area contributed by atoms with Crippen LogP contribution >= 0.6 is 0 Å². The minimum atomic E-state index is 1.12. The zero-order valence-electron chi connectivity index (χ0n) is 9.71. The maximum atomic E-state index is 3.74. The molecule has 1 aliphatic heterocycles. The van der Waals surface area contributed by atoms with Crippen LogP contribution in [0.2, 0.25) is 0 Å². The molecule has 1 rings (SSSR count). The molecular formula is C13H22N2. The third-order valence-electron chi connectivity index (χ3n) is 2.64. The van der Waals surface area contributed by atoms with E-state index in [4.69, 9.17) is 0 Å². The van der Waals surface area contributed by atoms with Crippen LogP contribution < -0.4 is 5.32 Å². The van der Waals surface area contributed by atoms with Crippen LogP contribution in [-0.2, 0) is 0 Å². The van der Waals surface area contributed by atoms with Gasteiger partial charge in [0.25, 0.3) is 0 Å². The molecule has 1 heterocycles. The first-order chi connectivity index (χ1) is 7.36. The number of allylic oxidation sites excluding steroid dienone is 4. The van der Waals surface area contributed by atoms with E-state index in [1.807, 2.05) is 6.08 Å². The summed E-state index contributed by atoms with van der Waals surface area (Å²) in [6.45, 7) is 11.6. The van der Waals surface area contributed by atoms with Gasteiger partial charge in [0.1, 0.15) is 0 Å². The van der Waals surface area contributed by atoms with Gasteiger partial charge in [-0.15, -0.1) is 0 Å². The van der Waals surface area contributed by atoms with Crippen LogP contribution in [0.25, 0.3) is 0 Å². The number of hydrogen-bond donors (Lipinski definition) is 1. The van der Waals surface area contributed by atoms with Crippen molar-refractivity contribution in [3.05, 3.63) is 36.5 Å². The maximum Gasteiger partial charge on any atom is 0.0108 e. The van der Waals surface area contributed by atoms with E-state index >= 15 is 0 Å². The quantitative estimate of drug-likeness (QED) is 0.692. The Labute approximate surface area is 93.4 Å². The molecule has 1 fully saturated rings. The van der Waals surface area contributed by atoms with Gasteiger partial charge in [0, 0.05) is 32.7 Å². The third kappa shape index (κ3) is 4.96. The van der Waals surface area contributed by atoms with E-state index < -0.39 is 0 Å². The Balaban J connectivity index is 2.32. The summed E-state index contributed by atoms with van der Waals surface area (Å²) in [5.74, 6) is 0. The van der Waals surface area contributed by atoms with E-state index in [1.165, 1.54) is 18.7 Å². The lowest BCUT2D eigenvalue weighted by Gasteiger charge is -2.27. The summed E-state index contributed by atoms with van der Waals surface area (Å²) < 4.78 is 0. The first-order valence-electron chi connectivity index (χ1n) is 5.74. The molecule has 0 bridgehead atoms. The van der Waals surface area contributed by atoms with Gasteiger partial charge in [-0.05, 0) is 18.9 Å². The predicted molar refractivity (Wildman–Crippen MR) is 67.0 cm³/mol. The molecule has 0 aromatic rings. The summed E-state index contributed by atoms with van der Waals surface area (Å²) in [7, 11) is 0. The smallest absolute Gasteiger partial charge is 0.0108 e. The Kier molecular flexibility index (Phi) is 6.05. The highest BCUT2D eigenvalue weighted by Gasteiger charge is 2.08. The topological polar surface area (TPSA) is 15.3 Å². The maximum absolute atomic E-state index is 3.74. The van der Waals surface area contributed by atoms with Gasteiger partial charge in [-0.3, -0.25) is 0 Å². The largest absolute Gasteiger partial charge is 0.314 e. The predicted octanol–water partition coefficient (Wildman–Crippen LogP) is 1.97. The average molecular weight is 206 g/mol. The van der Waals surface area contributed by atoms with E-state index in [2.05, 4.69) is 41.9 Å². The normalized spacial score (nSPS) is 19.7. The molecule has 15 heavy (non-hydrogen) atoms. The molecule has 0 atom stereocenters. The van der Waals surface area contributed by atoms with Crippen molar-refractivity contribution in [2.45, 2.75) is 13.3 Å². The Morgan fingerprint density at radius 2 is 2.13 bits per heavy atom. The SMILES string of the molecule is C=C/C=C(\C=C/C)CCN1CCNCC1. The molecule has 84 valence electrons. The lowest BCUT2D eigenvalue weighted by molar-refractivity contribution is 0.244.